The van der Waals surface area contributed by atoms with Gasteiger partial charge in [0, 0.05) is 49.8 Å². The van der Waals surface area contributed by atoms with E-state index in [1.807, 2.05) is 16.8 Å². The van der Waals surface area contributed by atoms with Crippen molar-refractivity contribution in [2.75, 3.05) is 6.61 Å². The number of nitrogens with two attached hydrogens (primary N) is 1. The number of hydrogen-bond acceptors (Lipinski definition) is 14. The molecule has 14 nitrogen and oxygen atoms in total. The average molecular weight is 1010 g/mol. The normalized spacial score (nSPS) is 14.2. The summed E-state index contributed by atoms with van der Waals surface area (Å²) >= 11 is 29.7. The van der Waals surface area contributed by atoms with Crippen LogP contribution in [0.2, 0.25) is 10.2 Å². The van der Waals surface area contributed by atoms with Crippen LogP contribution in [0.25, 0.3) is 32.7 Å². The smallest absolute Gasteiger partial charge is 0.347 e. The Hall–Kier alpha value is -3.40. The molecule has 0 aliphatic heterocycles. The fourth-order valence-electron chi connectivity index (χ4n) is 6.27. The fraction of sp³-hybridized carbons (Fsp3) is 0.368. The molecule has 0 saturated heterocycles. The topological polar surface area (TPSA) is 241 Å². The van der Waals surface area contributed by atoms with E-state index in [1.54, 1.807) is 28.4 Å². The Morgan fingerprint density at radius 2 is 1.33 bits per heavy atom. The van der Waals surface area contributed by atoms with Crippen molar-refractivity contribution in [2.45, 2.75) is 83.2 Å². The molecule has 2 fully saturated rings. The first-order valence-electron chi connectivity index (χ1n) is 18.6. The summed E-state index contributed by atoms with van der Waals surface area (Å²) in [6.45, 7) is 1.78. The molecule has 0 bridgehead atoms. The molecule has 328 valence electrons. The minimum Gasteiger partial charge on any atom is -0.506 e. The molecule has 6 aromatic heterocycles. The fourth-order valence-corrected chi connectivity index (χ4v) is 9.18. The molecular weight excluding hydrogens is 973 g/mol. The number of amides is 1. The van der Waals surface area contributed by atoms with Crippen molar-refractivity contribution in [3.05, 3.63) is 79.9 Å². The number of nitrogens with one attached hydrogen (secondary N) is 3. The molecule has 8 rings (SSSR count). The third kappa shape index (κ3) is 14.6. The molecule has 2 aliphatic rings. The highest BCUT2D eigenvalue weighted by molar-refractivity contribution is 8.24. The number of aromatic amines is 2. The average Bonchev–Trinajstić information content (AvgIpc) is 3.98. The first kappa shape index (κ1) is 50.2. The summed E-state index contributed by atoms with van der Waals surface area (Å²) in [4.78, 5) is 56.4. The highest BCUT2D eigenvalue weighted by atomic mass is 36.0. The SMILES string of the molecule is CCOC(=O)c1c(O)c2cscc2[nH]c1=O.N#Cc1c(Cl)nc2cscc2c1Cl.NC1CCCCC1.O=C(NC1CCCCC1)c1c(O)c2cscc2[nH]c1=O.O=P(Cl)(Cl)Cl. The lowest BCUT2D eigenvalue weighted by Crippen LogP contribution is -2.38. The summed E-state index contributed by atoms with van der Waals surface area (Å²) in [6, 6.07) is 2.56. The molecule has 1 amide bonds. The maximum absolute atomic E-state index is 12.2. The van der Waals surface area contributed by atoms with Gasteiger partial charge >= 0.3 is 11.2 Å². The van der Waals surface area contributed by atoms with E-state index in [9.17, 15) is 34.0 Å². The number of rotatable bonds is 4. The third-order valence-electron chi connectivity index (χ3n) is 9.19. The number of pyridine rings is 3. The van der Waals surface area contributed by atoms with Crippen molar-refractivity contribution >= 4 is 141 Å². The molecule has 6 aromatic rings. The van der Waals surface area contributed by atoms with E-state index in [0.717, 1.165) is 36.6 Å². The number of carbonyl (C=O) groups excluding carboxylic acids is 2. The van der Waals surface area contributed by atoms with Gasteiger partial charge in [-0.3, -0.25) is 18.9 Å². The Kier molecular flexibility index (Phi) is 19.7. The van der Waals surface area contributed by atoms with Gasteiger partial charge in [0.1, 0.15) is 33.8 Å². The second-order valence-corrected chi connectivity index (χ2v) is 23.1. The van der Waals surface area contributed by atoms with Gasteiger partial charge in [-0.15, -0.1) is 34.0 Å². The zero-order chi connectivity index (χ0) is 44.9. The number of carbonyl (C=O) groups is 2. The Morgan fingerprint density at radius 1 is 0.852 bits per heavy atom. The molecule has 0 unspecified atom stereocenters. The number of aromatic hydroxyl groups is 2. The van der Waals surface area contributed by atoms with Crippen LogP contribution < -0.4 is 22.2 Å². The molecule has 0 aromatic carbocycles. The first-order chi connectivity index (χ1) is 28.9. The van der Waals surface area contributed by atoms with Gasteiger partial charge in [0.15, 0.2) is 5.56 Å². The quantitative estimate of drug-likeness (QED) is 0.0551. The largest absolute Gasteiger partial charge is 0.506 e. The van der Waals surface area contributed by atoms with Gasteiger partial charge < -0.3 is 36.0 Å². The number of ether oxygens (including phenoxy) is 1. The van der Waals surface area contributed by atoms with Crippen molar-refractivity contribution < 1.29 is 29.1 Å². The Morgan fingerprint density at radius 3 is 1.82 bits per heavy atom. The third-order valence-corrected chi connectivity index (χ3v) is 12.1. The van der Waals surface area contributed by atoms with Crippen LogP contribution in [-0.2, 0) is 9.30 Å². The molecule has 6 heterocycles. The molecule has 23 heteroatoms. The Balaban J connectivity index is 0.000000180. The summed E-state index contributed by atoms with van der Waals surface area (Å²) < 4.78 is 14.2. The van der Waals surface area contributed by atoms with Gasteiger partial charge in [0.25, 0.3) is 17.0 Å². The standard InChI is InChI=1S/C14H16N2O3S.C10H9NO4S.C8H2Cl2N2S.C6H13N.Cl3OP/c17-12-9-6-20-7-10(9)16-14(19)11(12)13(18)15-8-4-2-1-3-5-8;1-2-15-10(14)7-8(12)5-3-16-4-6(5)11-9(7)13;9-7-4(1-11)8(10)12-6-3-13-2-5(6)7;7-6-4-2-1-3-5-6;1-5(2,3)4/h6-8,17H,1-5H2,(H,15,18)(H,16,19);3-4,12H,2H2,1H3,(H,11,13);2-3H;6H,1-5,7H2;. The Labute approximate surface area is 385 Å². The zero-order valence-electron chi connectivity index (χ0n) is 32.3. The maximum atomic E-state index is 12.2. The lowest BCUT2D eigenvalue weighted by atomic mass is 9.95. The van der Waals surface area contributed by atoms with Gasteiger partial charge in [-0.2, -0.15) is 5.26 Å². The molecule has 0 spiro atoms. The van der Waals surface area contributed by atoms with E-state index >= 15 is 0 Å². The lowest BCUT2D eigenvalue weighted by molar-refractivity contribution is 0.0521. The molecule has 2 saturated carbocycles. The number of aromatic nitrogens is 3. The molecule has 2 aliphatic carbocycles. The van der Waals surface area contributed by atoms with Crippen molar-refractivity contribution in [2.24, 2.45) is 5.73 Å². The van der Waals surface area contributed by atoms with Crippen LogP contribution in [0.15, 0.2) is 41.9 Å². The van der Waals surface area contributed by atoms with Crippen molar-refractivity contribution in [3.8, 4) is 17.6 Å². The highest BCUT2D eigenvalue weighted by Crippen LogP contribution is 2.61. The van der Waals surface area contributed by atoms with E-state index in [2.05, 4.69) is 54.0 Å². The number of H-pyrrole nitrogens is 2. The molecule has 61 heavy (non-hydrogen) atoms. The van der Waals surface area contributed by atoms with Crippen molar-refractivity contribution in [1.29, 1.82) is 5.26 Å². The monoisotopic (exact) mass is 1010 g/mol. The number of hydrogen-bond donors (Lipinski definition) is 6. The Bertz CT molecular complexity index is 2650. The van der Waals surface area contributed by atoms with Crippen LogP contribution in [0, 0.1) is 11.3 Å². The van der Waals surface area contributed by atoms with Crippen LogP contribution in [0.4, 0.5) is 0 Å². The zero-order valence-corrected chi connectivity index (χ0v) is 39.4. The molecule has 0 atom stereocenters. The van der Waals surface area contributed by atoms with Gasteiger partial charge in [0.2, 0.25) is 0 Å². The molecular formula is C38H40Cl5N6O8PS3. The summed E-state index contributed by atoms with van der Waals surface area (Å²) in [5, 5.41) is 41.1. The van der Waals surface area contributed by atoms with Gasteiger partial charge in [-0.1, -0.05) is 61.7 Å². The number of nitriles is 1. The van der Waals surface area contributed by atoms with Crippen LogP contribution in [-0.4, -0.2) is 55.7 Å². The minimum absolute atomic E-state index is 0.105. The van der Waals surface area contributed by atoms with Crippen LogP contribution in [0.5, 0.6) is 11.5 Å². The summed E-state index contributed by atoms with van der Waals surface area (Å²) in [5.74, 6) is -1.84. The number of halogens is 5. The summed E-state index contributed by atoms with van der Waals surface area (Å²) in [7, 11) is 0. The van der Waals surface area contributed by atoms with E-state index < -0.39 is 28.2 Å². The highest BCUT2D eigenvalue weighted by Gasteiger charge is 2.23. The molecule has 7 N–H and O–H groups in total. The predicted octanol–water partition coefficient (Wildman–Crippen LogP) is 11.4. The second-order valence-electron chi connectivity index (χ2n) is 13.5. The first-order valence-corrected chi connectivity index (χ1v) is 26.6. The summed E-state index contributed by atoms with van der Waals surface area (Å²) in [5.41, 5.74) is 5.99. The maximum Gasteiger partial charge on any atom is 0.347 e. The summed E-state index contributed by atoms with van der Waals surface area (Å²) in [6.07, 6.45) is 11.9. The van der Waals surface area contributed by atoms with E-state index in [0.29, 0.717) is 32.9 Å². The van der Waals surface area contributed by atoms with E-state index in [1.165, 1.54) is 72.5 Å². The van der Waals surface area contributed by atoms with Gasteiger partial charge in [0.05, 0.1) is 39.0 Å². The van der Waals surface area contributed by atoms with Crippen LogP contribution in [0.1, 0.15) is 97.4 Å². The van der Waals surface area contributed by atoms with Crippen molar-refractivity contribution in [3.63, 3.8) is 0 Å². The minimum atomic E-state index is -3.22. The number of thiophene rings is 3. The number of fused-ring (bicyclic) bond motifs is 3. The van der Waals surface area contributed by atoms with E-state index in [4.69, 9.17) is 38.9 Å². The number of esters is 1. The van der Waals surface area contributed by atoms with Gasteiger partial charge in [-0.05, 0) is 66.3 Å². The predicted molar refractivity (Wildman–Crippen MR) is 249 cm³/mol. The van der Waals surface area contributed by atoms with Gasteiger partial charge in [-0.25, -0.2) is 9.78 Å². The van der Waals surface area contributed by atoms with Crippen molar-refractivity contribution in [1.82, 2.24) is 20.3 Å². The number of nitrogens with zero attached hydrogens (tertiary/aromatic N) is 2. The van der Waals surface area contributed by atoms with E-state index in [-0.39, 0.29) is 46.0 Å². The lowest BCUT2D eigenvalue weighted by Gasteiger charge is -2.22. The van der Waals surface area contributed by atoms with Crippen LogP contribution >= 0.6 is 96.1 Å². The van der Waals surface area contributed by atoms with Crippen LogP contribution in [0.3, 0.4) is 0 Å². The second kappa shape index (κ2) is 23.9. The molecule has 0 radical (unpaired) electrons.